The molecule has 1 aromatic carbocycles. The number of halogens is 1. The molecule has 1 unspecified atom stereocenters. The van der Waals surface area contributed by atoms with E-state index in [0.717, 1.165) is 41.5 Å². The Labute approximate surface area is 152 Å². The van der Waals surface area contributed by atoms with Gasteiger partial charge in [0.2, 0.25) is 5.91 Å². The number of nitrogens with one attached hydrogen (secondary N) is 1. The first-order valence-electron chi connectivity index (χ1n) is 8.39. The van der Waals surface area contributed by atoms with E-state index in [0.29, 0.717) is 13.1 Å². The summed E-state index contributed by atoms with van der Waals surface area (Å²) in [7, 11) is 3.71. The summed E-state index contributed by atoms with van der Waals surface area (Å²) in [5, 5.41) is 3.05. The minimum absolute atomic E-state index is 0.0235. The minimum atomic E-state index is -0.0969. The topological polar surface area (TPSA) is 52.7 Å². The number of carbonyl (C=O) groups is 2. The number of rotatable bonds is 5. The fourth-order valence-corrected chi connectivity index (χ4v) is 3.58. The molecule has 1 heterocycles. The van der Waals surface area contributed by atoms with Gasteiger partial charge in [-0.2, -0.15) is 0 Å². The Kier molecular flexibility index (Phi) is 6.80. The molecule has 1 N–H and O–H groups in total. The van der Waals surface area contributed by atoms with Crippen molar-refractivity contribution >= 4 is 27.7 Å². The highest BCUT2D eigenvalue weighted by Gasteiger charge is 2.30. The molecule has 1 aliphatic rings. The molecule has 2 amide bonds. The number of hydrogen-bond donors (Lipinski definition) is 1. The molecule has 1 aromatic rings. The predicted octanol–water partition coefficient (Wildman–Crippen LogP) is 2.29. The number of likely N-dealkylation sites (tertiary alicyclic amines) is 1. The molecular formula is C18H26BrN3O2. The van der Waals surface area contributed by atoms with Crippen LogP contribution in [0.15, 0.2) is 22.7 Å². The normalized spacial score (nSPS) is 17.7. The molecule has 2 rings (SSSR count). The molecule has 1 aliphatic heterocycles. The molecule has 24 heavy (non-hydrogen) atoms. The van der Waals surface area contributed by atoms with E-state index in [9.17, 15) is 9.59 Å². The number of likely N-dealkylation sites (N-methyl/N-ethyl adjacent to an activating group) is 2. The third-order valence-corrected chi connectivity index (χ3v) is 5.04. The summed E-state index contributed by atoms with van der Waals surface area (Å²) in [5.41, 5.74) is 1.67. The molecule has 1 saturated heterocycles. The van der Waals surface area contributed by atoms with Crippen molar-refractivity contribution in [2.45, 2.75) is 19.8 Å². The zero-order chi connectivity index (χ0) is 17.7. The molecule has 1 fully saturated rings. The molecule has 0 aromatic heterocycles. The Morgan fingerprint density at radius 1 is 1.42 bits per heavy atom. The van der Waals surface area contributed by atoms with Gasteiger partial charge in [-0.25, -0.2) is 0 Å². The van der Waals surface area contributed by atoms with Crippen molar-refractivity contribution in [2.75, 3.05) is 40.3 Å². The van der Waals surface area contributed by atoms with Crippen LogP contribution in [-0.4, -0.2) is 61.9 Å². The first kappa shape index (κ1) is 18.9. The molecule has 0 radical (unpaired) electrons. The maximum Gasteiger partial charge on any atom is 0.254 e. The zero-order valence-corrected chi connectivity index (χ0v) is 16.2. The van der Waals surface area contributed by atoms with Crippen LogP contribution in [0.25, 0.3) is 0 Å². The summed E-state index contributed by atoms with van der Waals surface area (Å²) in [4.78, 5) is 29.0. The molecule has 1 atom stereocenters. The average Bonchev–Trinajstić information content (AvgIpc) is 2.58. The molecular weight excluding hydrogens is 370 g/mol. The fourth-order valence-electron chi connectivity index (χ4n) is 3.10. The molecule has 132 valence electrons. The van der Waals surface area contributed by atoms with Crippen molar-refractivity contribution in [1.29, 1.82) is 0 Å². The quantitative estimate of drug-likeness (QED) is 0.831. The van der Waals surface area contributed by atoms with Gasteiger partial charge < -0.3 is 15.1 Å². The molecule has 0 saturated carbocycles. The van der Waals surface area contributed by atoms with Gasteiger partial charge in [-0.15, -0.1) is 0 Å². The van der Waals surface area contributed by atoms with E-state index >= 15 is 0 Å². The molecule has 6 heteroatoms. The SMILES string of the molecule is CNCCN(C)C(=O)C1CCCN(C(=O)c2ccc(Br)cc2C)C1. The second kappa shape index (κ2) is 8.62. The number of piperidine rings is 1. The van der Waals surface area contributed by atoms with E-state index in [1.807, 2.05) is 44.1 Å². The van der Waals surface area contributed by atoms with Crippen LogP contribution in [0, 0.1) is 12.8 Å². The molecule has 0 spiro atoms. The largest absolute Gasteiger partial charge is 0.344 e. The summed E-state index contributed by atoms with van der Waals surface area (Å²) in [6.07, 6.45) is 1.73. The monoisotopic (exact) mass is 395 g/mol. The minimum Gasteiger partial charge on any atom is -0.344 e. The fraction of sp³-hybridized carbons (Fsp3) is 0.556. The summed E-state index contributed by atoms with van der Waals surface area (Å²) in [6, 6.07) is 5.69. The van der Waals surface area contributed by atoms with Crippen LogP contribution in [0.4, 0.5) is 0 Å². The Balaban J connectivity index is 2.04. The van der Waals surface area contributed by atoms with Gasteiger partial charge in [-0.3, -0.25) is 9.59 Å². The highest BCUT2D eigenvalue weighted by atomic mass is 79.9. The van der Waals surface area contributed by atoms with Gasteiger partial charge in [0.15, 0.2) is 0 Å². The van der Waals surface area contributed by atoms with Crippen molar-refractivity contribution in [1.82, 2.24) is 15.1 Å². The Morgan fingerprint density at radius 3 is 2.83 bits per heavy atom. The van der Waals surface area contributed by atoms with Crippen molar-refractivity contribution < 1.29 is 9.59 Å². The average molecular weight is 396 g/mol. The van der Waals surface area contributed by atoms with Gasteiger partial charge in [0, 0.05) is 43.3 Å². The number of benzene rings is 1. The van der Waals surface area contributed by atoms with Gasteiger partial charge in [-0.1, -0.05) is 15.9 Å². The van der Waals surface area contributed by atoms with Crippen molar-refractivity contribution in [2.24, 2.45) is 5.92 Å². The number of nitrogens with zero attached hydrogens (tertiary/aromatic N) is 2. The third-order valence-electron chi connectivity index (χ3n) is 4.55. The van der Waals surface area contributed by atoms with Crippen molar-refractivity contribution in [3.8, 4) is 0 Å². The van der Waals surface area contributed by atoms with Crippen LogP contribution < -0.4 is 5.32 Å². The van der Waals surface area contributed by atoms with E-state index in [1.54, 1.807) is 4.90 Å². The summed E-state index contributed by atoms with van der Waals surface area (Å²) >= 11 is 3.43. The highest BCUT2D eigenvalue weighted by Crippen LogP contribution is 2.23. The Morgan fingerprint density at radius 2 is 2.17 bits per heavy atom. The standard InChI is InChI=1S/C18H26BrN3O2/c1-13-11-15(19)6-7-16(13)18(24)22-9-4-5-14(12-22)17(23)21(3)10-8-20-2/h6-7,11,14,20H,4-5,8-10,12H2,1-3H3. The van der Waals surface area contributed by atoms with Gasteiger partial charge in [0.05, 0.1) is 5.92 Å². The maximum atomic E-state index is 12.8. The first-order chi connectivity index (χ1) is 11.4. The molecule has 0 bridgehead atoms. The molecule has 0 aliphatic carbocycles. The van der Waals surface area contributed by atoms with Crippen LogP contribution in [0.5, 0.6) is 0 Å². The number of aryl methyl sites for hydroxylation is 1. The predicted molar refractivity (Wildman–Crippen MR) is 99.1 cm³/mol. The van der Waals surface area contributed by atoms with E-state index in [2.05, 4.69) is 21.2 Å². The lowest BCUT2D eigenvalue weighted by atomic mass is 9.95. The van der Waals surface area contributed by atoms with Crippen LogP contribution >= 0.6 is 15.9 Å². The van der Waals surface area contributed by atoms with E-state index in [4.69, 9.17) is 0 Å². The lowest BCUT2D eigenvalue weighted by Crippen LogP contribution is -2.46. The van der Waals surface area contributed by atoms with Gasteiger partial charge in [-0.05, 0) is 50.6 Å². The van der Waals surface area contributed by atoms with E-state index in [-0.39, 0.29) is 17.7 Å². The highest BCUT2D eigenvalue weighted by molar-refractivity contribution is 9.10. The lowest BCUT2D eigenvalue weighted by molar-refractivity contribution is -0.135. The zero-order valence-electron chi connectivity index (χ0n) is 14.6. The van der Waals surface area contributed by atoms with Crippen LogP contribution in [-0.2, 0) is 4.79 Å². The van der Waals surface area contributed by atoms with Crippen LogP contribution in [0.1, 0.15) is 28.8 Å². The van der Waals surface area contributed by atoms with E-state index in [1.165, 1.54) is 0 Å². The van der Waals surface area contributed by atoms with Crippen LogP contribution in [0.2, 0.25) is 0 Å². The maximum absolute atomic E-state index is 12.8. The Hall–Kier alpha value is -1.40. The number of amides is 2. The Bertz CT molecular complexity index is 606. The second-order valence-corrected chi connectivity index (χ2v) is 7.33. The van der Waals surface area contributed by atoms with Crippen LogP contribution in [0.3, 0.4) is 0 Å². The summed E-state index contributed by atoms with van der Waals surface area (Å²) in [6.45, 7) is 4.63. The van der Waals surface area contributed by atoms with Gasteiger partial charge >= 0.3 is 0 Å². The van der Waals surface area contributed by atoms with Gasteiger partial charge in [0.1, 0.15) is 0 Å². The van der Waals surface area contributed by atoms with Gasteiger partial charge in [0.25, 0.3) is 5.91 Å². The lowest BCUT2D eigenvalue weighted by Gasteiger charge is -2.34. The number of hydrogen-bond acceptors (Lipinski definition) is 3. The summed E-state index contributed by atoms with van der Waals surface area (Å²) in [5.74, 6) is 0.0611. The first-order valence-corrected chi connectivity index (χ1v) is 9.18. The van der Waals surface area contributed by atoms with E-state index < -0.39 is 0 Å². The molecule has 5 nitrogen and oxygen atoms in total. The summed E-state index contributed by atoms with van der Waals surface area (Å²) < 4.78 is 0.967. The third kappa shape index (κ3) is 4.57. The smallest absolute Gasteiger partial charge is 0.254 e. The number of carbonyl (C=O) groups excluding carboxylic acids is 2. The second-order valence-electron chi connectivity index (χ2n) is 6.41. The van der Waals surface area contributed by atoms with Crippen molar-refractivity contribution in [3.05, 3.63) is 33.8 Å². The van der Waals surface area contributed by atoms with Crippen molar-refractivity contribution in [3.63, 3.8) is 0 Å².